The largest absolute Gasteiger partial charge is 0.487 e. The van der Waals surface area contributed by atoms with Crippen LogP contribution < -0.4 is 4.74 Å². The van der Waals surface area contributed by atoms with Crippen molar-refractivity contribution in [1.29, 1.82) is 0 Å². The maximum absolute atomic E-state index is 14.5. The standard InChI is InChI=1S/C19H26F2O/c1-3-4-13-6-9-14(10-7-13)16-11-15-8-5-12(2)22-19(15)18(21)17(16)20/h11-14H,3-10H2,1-2H3. The Balaban J connectivity index is 1.82. The lowest BCUT2D eigenvalue weighted by Gasteiger charge is -2.30. The van der Waals surface area contributed by atoms with Crippen molar-refractivity contribution in [3.8, 4) is 5.75 Å². The molecule has 0 bridgehead atoms. The molecule has 0 aromatic heterocycles. The molecule has 1 aliphatic heterocycles. The van der Waals surface area contributed by atoms with Gasteiger partial charge < -0.3 is 4.74 Å². The highest BCUT2D eigenvalue weighted by Crippen LogP contribution is 2.42. The molecule has 1 nitrogen and oxygen atoms in total. The molecule has 3 rings (SSSR count). The average molecular weight is 308 g/mol. The molecule has 0 N–H and O–H groups in total. The first-order valence-corrected chi connectivity index (χ1v) is 8.77. The van der Waals surface area contributed by atoms with Crippen molar-refractivity contribution in [2.24, 2.45) is 5.92 Å². The van der Waals surface area contributed by atoms with E-state index in [1.54, 1.807) is 0 Å². The molecule has 1 aromatic rings. The second kappa shape index (κ2) is 6.55. The Morgan fingerprint density at radius 2 is 1.82 bits per heavy atom. The number of fused-ring (bicyclic) bond motifs is 1. The van der Waals surface area contributed by atoms with E-state index in [1.807, 2.05) is 13.0 Å². The summed E-state index contributed by atoms with van der Waals surface area (Å²) in [7, 11) is 0. The molecule has 1 fully saturated rings. The van der Waals surface area contributed by atoms with Crippen molar-refractivity contribution in [1.82, 2.24) is 0 Å². The van der Waals surface area contributed by atoms with E-state index in [-0.39, 0.29) is 17.8 Å². The van der Waals surface area contributed by atoms with Crippen molar-refractivity contribution in [2.75, 3.05) is 0 Å². The molecule has 0 amide bonds. The fourth-order valence-electron chi connectivity index (χ4n) is 4.08. The zero-order valence-electron chi connectivity index (χ0n) is 13.6. The molecule has 1 saturated carbocycles. The van der Waals surface area contributed by atoms with Gasteiger partial charge in [-0.25, -0.2) is 4.39 Å². The SMILES string of the molecule is CCCC1CCC(c2cc3c(c(F)c2F)OC(C)CC3)CC1. The highest BCUT2D eigenvalue weighted by Gasteiger charge is 2.30. The first-order valence-electron chi connectivity index (χ1n) is 8.77. The zero-order valence-corrected chi connectivity index (χ0v) is 13.6. The summed E-state index contributed by atoms with van der Waals surface area (Å²) in [4.78, 5) is 0. The smallest absolute Gasteiger partial charge is 0.201 e. The van der Waals surface area contributed by atoms with Crippen LogP contribution in [0.1, 0.15) is 75.8 Å². The first kappa shape index (κ1) is 15.8. The summed E-state index contributed by atoms with van der Waals surface area (Å²) in [5, 5.41) is 0. The molecule has 3 heteroatoms. The Kier molecular flexibility index (Phi) is 4.70. The number of ether oxygens (including phenoxy) is 1. The third-order valence-electron chi connectivity index (χ3n) is 5.39. The van der Waals surface area contributed by atoms with Crippen LogP contribution in [0.25, 0.3) is 0 Å². The van der Waals surface area contributed by atoms with Crippen LogP contribution in [-0.4, -0.2) is 6.10 Å². The number of aryl methyl sites for hydroxylation is 1. The molecule has 1 aliphatic carbocycles. The highest BCUT2D eigenvalue weighted by atomic mass is 19.2. The summed E-state index contributed by atoms with van der Waals surface area (Å²) in [6.07, 6.45) is 8.36. The van der Waals surface area contributed by atoms with Gasteiger partial charge >= 0.3 is 0 Å². The van der Waals surface area contributed by atoms with Gasteiger partial charge in [0.05, 0.1) is 6.10 Å². The van der Waals surface area contributed by atoms with Gasteiger partial charge in [0.1, 0.15) is 0 Å². The molecule has 1 unspecified atom stereocenters. The Bertz CT molecular complexity index is 533. The molecule has 0 spiro atoms. The fourth-order valence-corrected chi connectivity index (χ4v) is 4.08. The Morgan fingerprint density at radius 3 is 2.50 bits per heavy atom. The predicted molar refractivity (Wildman–Crippen MR) is 84.4 cm³/mol. The summed E-state index contributed by atoms with van der Waals surface area (Å²) < 4.78 is 34.4. The van der Waals surface area contributed by atoms with Gasteiger partial charge in [-0.2, -0.15) is 4.39 Å². The normalized spacial score (nSPS) is 28.1. The molecule has 1 atom stereocenters. The van der Waals surface area contributed by atoms with Gasteiger partial charge in [0.15, 0.2) is 11.6 Å². The zero-order chi connectivity index (χ0) is 15.7. The minimum Gasteiger partial charge on any atom is -0.487 e. The topological polar surface area (TPSA) is 9.23 Å². The van der Waals surface area contributed by atoms with E-state index >= 15 is 0 Å². The van der Waals surface area contributed by atoms with Gasteiger partial charge in [-0.15, -0.1) is 0 Å². The van der Waals surface area contributed by atoms with Crippen molar-refractivity contribution in [3.63, 3.8) is 0 Å². The third kappa shape index (κ3) is 3.00. The quantitative estimate of drug-likeness (QED) is 0.690. The van der Waals surface area contributed by atoms with Crippen LogP contribution in [0.15, 0.2) is 6.07 Å². The van der Waals surface area contributed by atoms with E-state index in [1.165, 1.54) is 12.8 Å². The van der Waals surface area contributed by atoms with Crippen LogP contribution in [0.4, 0.5) is 8.78 Å². The van der Waals surface area contributed by atoms with Gasteiger partial charge in [-0.3, -0.25) is 0 Å². The molecular formula is C19H26F2O. The summed E-state index contributed by atoms with van der Waals surface area (Å²) >= 11 is 0. The van der Waals surface area contributed by atoms with Gasteiger partial charge in [-0.1, -0.05) is 19.8 Å². The Morgan fingerprint density at radius 1 is 1.09 bits per heavy atom. The number of benzene rings is 1. The Hall–Kier alpha value is -1.12. The molecule has 1 heterocycles. The van der Waals surface area contributed by atoms with E-state index in [4.69, 9.17) is 4.74 Å². The summed E-state index contributed by atoms with van der Waals surface area (Å²) in [6, 6.07) is 1.88. The fraction of sp³-hybridized carbons (Fsp3) is 0.684. The molecular weight excluding hydrogens is 282 g/mol. The molecule has 1 aromatic carbocycles. The van der Waals surface area contributed by atoms with Gasteiger partial charge in [0, 0.05) is 0 Å². The van der Waals surface area contributed by atoms with Crippen LogP contribution >= 0.6 is 0 Å². The van der Waals surface area contributed by atoms with Crippen LogP contribution in [-0.2, 0) is 6.42 Å². The highest BCUT2D eigenvalue weighted by molar-refractivity contribution is 5.42. The number of rotatable bonds is 3. The van der Waals surface area contributed by atoms with Gasteiger partial charge in [0.2, 0.25) is 5.82 Å². The predicted octanol–water partition coefficient (Wildman–Crippen LogP) is 5.75. The van der Waals surface area contributed by atoms with Gasteiger partial charge in [0.25, 0.3) is 0 Å². The van der Waals surface area contributed by atoms with Crippen molar-refractivity contribution >= 4 is 0 Å². The van der Waals surface area contributed by atoms with Crippen molar-refractivity contribution in [2.45, 2.75) is 77.2 Å². The van der Waals surface area contributed by atoms with E-state index < -0.39 is 11.6 Å². The minimum atomic E-state index is -0.769. The monoisotopic (exact) mass is 308 g/mol. The van der Waals surface area contributed by atoms with E-state index in [0.29, 0.717) is 5.56 Å². The summed E-state index contributed by atoms with van der Waals surface area (Å²) in [6.45, 7) is 4.12. The molecule has 122 valence electrons. The van der Waals surface area contributed by atoms with Crippen LogP contribution in [0.3, 0.4) is 0 Å². The van der Waals surface area contributed by atoms with E-state index in [0.717, 1.165) is 50.0 Å². The second-order valence-electron chi connectivity index (χ2n) is 7.06. The third-order valence-corrected chi connectivity index (χ3v) is 5.39. The van der Waals surface area contributed by atoms with Crippen LogP contribution in [0, 0.1) is 17.6 Å². The maximum Gasteiger partial charge on any atom is 0.201 e. The van der Waals surface area contributed by atoms with Gasteiger partial charge in [-0.05, 0) is 74.5 Å². The number of hydrogen-bond donors (Lipinski definition) is 0. The molecule has 0 saturated heterocycles. The summed E-state index contributed by atoms with van der Waals surface area (Å²) in [5.41, 5.74) is 1.44. The minimum absolute atomic E-state index is 0.0308. The molecule has 2 aliphatic rings. The second-order valence-corrected chi connectivity index (χ2v) is 7.06. The lowest BCUT2D eigenvalue weighted by Crippen LogP contribution is -2.22. The lowest BCUT2D eigenvalue weighted by molar-refractivity contribution is 0.180. The lowest BCUT2D eigenvalue weighted by atomic mass is 9.76. The number of hydrogen-bond acceptors (Lipinski definition) is 1. The van der Waals surface area contributed by atoms with E-state index in [9.17, 15) is 8.78 Å². The summed E-state index contributed by atoms with van der Waals surface area (Å²) in [5.74, 6) is -0.343. The number of halogens is 2. The first-order chi connectivity index (χ1) is 10.6. The molecule has 0 radical (unpaired) electrons. The average Bonchev–Trinajstić information content (AvgIpc) is 2.53. The van der Waals surface area contributed by atoms with Crippen LogP contribution in [0.5, 0.6) is 5.75 Å². The van der Waals surface area contributed by atoms with Crippen LogP contribution in [0.2, 0.25) is 0 Å². The maximum atomic E-state index is 14.5. The Labute approximate surface area is 132 Å². The van der Waals surface area contributed by atoms with Crippen molar-refractivity contribution in [3.05, 3.63) is 28.8 Å². The molecule has 22 heavy (non-hydrogen) atoms. The van der Waals surface area contributed by atoms with E-state index in [2.05, 4.69) is 6.92 Å². The van der Waals surface area contributed by atoms with Crippen molar-refractivity contribution < 1.29 is 13.5 Å².